The Kier molecular flexibility index (Phi) is 5.53. The fourth-order valence-electron chi connectivity index (χ4n) is 3.73. The molecule has 7 heteroatoms. The molecule has 4 rings (SSSR count). The standard InChI is InChI=1S/C21H22ClN3O2S/c1-2-23-9-11-24(12-10-23)19-18(17-8-5-13-28-17)20(26)25(21(19)27)14-15-6-3-4-7-16(15)22/h3-8,13H,2,9-12,14H2,1H3. The molecule has 146 valence electrons. The zero-order valence-electron chi connectivity index (χ0n) is 15.7. The van der Waals surface area contributed by atoms with E-state index >= 15 is 0 Å². The van der Waals surface area contributed by atoms with Crippen molar-refractivity contribution in [2.24, 2.45) is 0 Å². The molecule has 0 aliphatic carbocycles. The SMILES string of the molecule is CCN1CCN(C2=C(c3cccs3)C(=O)N(Cc3ccccc3Cl)C2=O)CC1. The molecular weight excluding hydrogens is 394 g/mol. The molecule has 0 N–H and O–H groups in total. The molecule has 5 nitrogen and oxygen atoms in total. The Balaban J connectivity index is 1.67. The van der Waals surface area contributed by atoms with Gasteiger partial charge in [0, 0.05) is 36.1 Å². The molecule has 2 aliphatic rings. The van der Waals surface area contributed by atoms with E-state index in [1.54, 1.807) is 6.07 Å². The van der Waals surface area contributed by atoms with Crippen LogP contribution in [0.15, 0.2) is 47.5 Å². The van der Waals surface area contributed by atoms with Crippen LogP contribution in [0.2, 0.25) is 5.02 Å². The van der Waals surface area contributed by atoms with Gasteiger partial charge in [-0.15, -0.1) is 11.3 Å². The lowest BCUT2D eigenvalue weighted by Crippen LogP contribution is -2.47. The molecule has 2 aliphatic heterocycles. The second-order valence-corrected chi connectivity index (χ2v) is 8.26. The van der Waals surface area contributed by atoms with Crippen LogP contribution in [0.5, 0.6) is 0 Å². The lowest BCUT2D eigenvalue weighted by Gasteiger charge is -2.35. The number of likely N-dealkylation sites (N-methyl/N-ethyl adjacent to an activating group) is 1. The highest BCUT2D eigenvalue weighted by atomic mass is 35.5. The number of carbonyl (C=O) groups excluding carboxylic acids is 2. The van der Waals surface area contributed by atoms with E-state index in [2.05, 4.69) is 16.7 Å². The van der Waals surface area contributed by atoms with E-state index < -0.39 is 0 Å². The molecular formula is C21H22ClN3O2S. The van der Waals surface area contributed by atoms with Gasteiger partial charge < -0.3 is 9.80 Å². The number of nitrogens with zero attached hydrogens (tertiary/aromatic N) is 3. The third kappa shape index (κ3) is 3.48. The van der Waals surface area contributed by atoms with Gasteiger partial charge in [-0.1, -0.05) is 42.8 Å². The molecule has 28 heavy (non-hydrogen) atoms. The maximum atomic E-state index is 13.3. The number of benzene rings is 1. The first kappa shape index (κ1) is 19.2. The molecule has 1 fully saturated rings. The Hall–Kier alpha value is -2.15. The van der Waals surface area contributed by atoms with Crippen molar-refractivity contribution in [2.45, 2.75) is 13.5 Å². The summed E-state index contributed by atoms with van der Waals surface area (Å²) in [5, 5.41) is 2.49. The quantitative estimate of drug-likeness (QED) is 0.703. The van der Waals surface area contributed by atoms with Crippen molar-refractivity contribution in [3.8, 4) is 0 Å². The first-order chi connectivity index (χ1) is 13.6. The van der Waals surface area contributed by atoms with Crippen LogP contribution in [-0.4, -0.2) is 59.2 Å². The van der Waals surface area contributed by atoms with Gasteiger partial charge in [-0.25, -0.2) is 0 Å². The van der Waals surface area contributed by atoms with E-state index in [9.17, 15) is 9.59 Å². The van der Waals surface area contributed by atoms with Gasteiger partial charge in [0.15, 0.2) is 0 Å². The molecule has 2 aromatic rings. The van der Waals surface area contributed by atoms with Gasteiger partial charge in [-0.2, -0.15) is 0 Å². The molecule has 0 atom stereocenters. The zero-order chi connectivity index (χ0) is 19.7. The molecule has 2 amide bonds. The van der Waals surface area contributed by atoms with Gasteiger partial charge in [0.25, 0.3) is 11.8 Å². The predicted molar refractivity (Wildman–Crippen MR) is 112 cm³/mol. The van der Waals surface area contributed by atoms with Gasteiger partial charge in [-0.3, -0.25) is 14.5 Å². The minimum atomic E-state index is -0.236. The molecule has 1 saturated heterocycles. The lowest BCUT2D eigenvalue weighted by atomic mass is 10.1. The zero-order valence-corrected chi connectivity index (χ0v) is 17.3. The summed E-state index contributed by atoms with van der Waals surface area (Å²) in [5.41, 5.74) is 1.83. The third-order valence-electron chi connectivity index (χ3n) is 5.33. The Morgan fingerprint density at radius 3 is 2.39 bits per heavy atom. The van der Waals surface area contributed by atoms with Crippen molar-refractivity contribution in [3.63, 3.8) is 0 Å². The summed E-state index contributed by atoms with van der Waals surface area (Å²) in [6.45, 7) is 6.60. The van der Waals surface area contributed by atoms with Gasteiger partial charge in [0.2, 0.25) is 0 Å². The molecule has 1 aromatic heterocycles. The number of rotatable bonds is 5. The van der Waals surface area contributed by atoms with E-state index in [4.69, 9.17) is 11.6 Å². The molecule has 0 saturated carbocycles. The maximum Gasteiger partial charge on any atom is 0.278 e. The van der Waals surface area contributed by atoms with Crippen LogP contribution >= 0.6 is 22.9 Å². The van der Waals surface area contributed by atoms with E-state index in [0.29, 0.717) is 16.3 Å². The van der Waals surface area contributed by atoms with E-state index in [1.165, 1.54) is 16.2 Å². The van der Waals surface area contributed by atoms with Gasteiger partial charge in [0.1, 0.15) is 5.70 Å². The Morgan fingerprint density at radius 2 is 1.75 bits per heavy atom. The summed E-state index contributed by atoms with van der Waals surface area (Å²) < 4.78 is 0. The van der Waals surface area contributed by atoms with Crippen molar-refractivity contribution in [3.05, 3.63) is 62.9 Å². The average Bonchev–Trinajstić information content (AvgIpc) is 3.32. The van der Waals surface area contributed by atoms with Crippen LogP contribution < -0.4 is 0 Å². The average molecular weight is 416 g/mol. The summed E-state index contributed by atoms with van der Waals surface area (Å²) in [6.07, 6.45) is 0. The molecule has 3 heterocycles. The highest BCUT2D eigenvalue weighted by Crippen LogP contribution is 2.35. The number of thiophene rings is 1. The van der Waals surface area contributed by atoms with Crippen LogP contribution in [0, 0.1) is 0 Å². The summed E-state index contributed by atoms with van der Waals surface area (Å²) in [4.78, 5) is 33.2. The largest absolute Gasteiger partial charge is 0.364 e. The molecule has 1 aromatic carbocycles. The van der Waals surface area contributed by atoms with Crippen molar-refractivity contribution in [1.82, 2.24) is 14.7 Å². The summed E-state index contributed by atoms with van der Waals surface area (Å²) >= 11 is 7.76. The number of piperazine rings is 1. The van der Waals surface area contributed by atoms with Crippen LogP contribution in [0.25, 0.3) is 5.57 Å². The van der Waals surface area contributed by atoms with Crippen LogP contribution in [0.4, 0.5) is 0 Å². The van der Waals surface area contributed by atoms with Crippen molar-refractivity contribution >= 4 is 40.3 Å². The minimum absolute atomic E-state index is 0.185. The predicted octanol–water partition coefficient (Wildman–Crippen LogP) is 3.32. The van der Waals surface area contributed by atoms with E-state index in [1.807, 2.05) is 35.7 Å². The topological polar surface area (TPSA) is 43.9 Å². The van der Waals surface area contributed by atoms with Crippen molar-refractivity contribution in [1.29, 1.82) is 0 Å². The highest BCUT2D eigenvalue weighted by Gasteiger charge is 2.42. The maximum absolute atomic E-state index is 13.3. The van der Waals surface area contributed by atoms with Gasteiger partial charge >= 0.3 is 0 Å². The summed E-state index contributed by atoms with van der Waals surface area (Å²) in [6, 6.07) is 11.2. The third-order valence-corrected chi connectivity index (χ3v) is 6.59. The second-order valence-electron chi connectivity index (χ2n) is 6.91. The number of amides is 2. The molecule has 0 spiro atoms. The number of imide groups is 1. The van der Waals surface area contributed by atoms with E-state index in [-0.39, 0.29) is 18.4 Å². The molecule has 0 bridgehead atoms. The van der Waals surface area contributed by atoms with Crippen LogP contribution in [-0.2, 0) is 16.1 Å². The highest BCUT2D eigenvalue weighted by molar-refractivity contribution is 7.11. The smallest absolute Gasteiger partial charge is 0.278 e. The normalized spacial score (nSPS) is 18.5. The Morgan fingerprint density at radius 1 is 1.00 bits per heavy atom. The number of hydrogen-bond acceptors (Lipinski definition) is 5. The number of halogens is 1. The van der Waals surface area contributed by atoms with Gasteiger partial charge in [0.05, 0.1) is 12.1 Å². The summed E-state index contributed by atoms with van der Waals surface area (Å²) in [7, 11) is 0. The van der Waals surface area contributed by atoms with Crippen molar-refractivity contribution < 1.29 is 9.59 Å². The minimum Gasteiger partial charge on any atom is -0.364 e. The summed E-state index contributed by atoms with van der Waals surface area (Å²) in [5.74, 6) is -0.460. The van der Waals surface area contributed by atoms with E-state index in [0.717, 1.165) is 43.2 Å². The second kappa shape index (κ2) is 8.07. The first-order valence-electron chi connectivity index (χ1n) is 9.45. The molecule has 0 radical (unpaired) electrons. The van der Waals surface area contributed by atoms with Crippen molar-refractivity contribution in [2.75, 3.05) is 32.7 Å². The lowest BCUT2D eigenvalue weighted by molar-refractivity contribution is -0.138. The number of carbonyl (C=O) groups is 2. The Labute approximate surface area is 173 Å². The molecule has 0 unspecified atom stereocenters. The van der Waals surface area contributed by atoms with Gasteiger partial charge in [-0.05, 0) is 29.6 Å². The monoisotopic (exact) mass is 415 g/mol. The Bertz CT molecular complexity index is 917. The number of hydrogen-bond donors (Lipinski definition) is 0. The fourth-order valence-corrected chi connectivity index (χ4v) is 4.69. The first-order valence-corrected chi connectivity index (χ1v) is 10.7. The van der Waals surface area contributed by atoms with Crippen LogP contribution in [0.3, 0.4) is 0 Å². The fraction of sp³-hybridized carbons (Fsp3) is 0.333. The van der Waals surface area contributed by atoms with Crippen LogP contribution in [0.1, 0.15) is 17.4 Å².